The fraction of sp³-hybridized carbons (Fsp3) is 0.500. The quantitative estimate of drug-likeness (QED) is 0.709. The predicted octanol–water partition coefficient (Wildman–Crippen LogP) is 0.939. The molecule has 0 aromatic heterocycles. The zero-order valence-electron chi connectivity index (χ0n) is 14.5. The summed E-state index contributed by atoms with van der Waals surface area (Å²) in [6, 6.07) is 2.85. The van der Waals surface area contributed by atoms with Crippen LogP contribution in [0.4, 0.5) is 0 Å². The minimum atomic E-state index is -3.93. The lowest BCUT2D eigenvalue weighted by Gasteiger charge is -2.18. The zero-order valence-corrected chi connectivity index (χ0v) is 15.4. The highest BCUT2D eigenvalue weighted by atomic mass is 32.2. The van der Waals surface area contributed by atoms with Crippen molar-refractivity contribution in [2.75, 3.05) is 20.1 Å². The number of carbonyl (C=O) groups excluding carboxylic acids is 2. The number of primary sulfonamides is 1. The first kappa shape index (κ1) is 20.1. The SMILES string of the molecule is CCCCNC(=O)CN(C)C(=O)c1cc(C)c(C)c(S(N)(=O)=O)c1. The number of amides is 2. The Bertz CT molecular complexity index is 729. The molecule has 0 unspecified atom stereocenters. The molecule has 0 spiro atoms. The van der Waals surface area contributed by atoms with Gasteiger partial charge in [-0.1, -0.05) is 13.3 Å². The molecular formula is C16H25N3O4S. The van der Waals surface area contributed by atoms with Crippen LogP contribution in [0.15, 0.2) is 17.0 Å². The van der Waals surface area contributed by atoms with E-state index in [0.29, 0.717) is 17.7 Å². The standard InChI is InChI=1S/C16H25N3O4S/c1-5-6-7-18-15(20)10-19(4)16(21)13-8-11(2)12(3)14(9-13)24(17,22)23/h8-9H,5-7,10H2,1-4H3,(H,18,20)(H2,17,22,23). The molecule has 0 aliphatic rings. The van der Waals surface area contributed by atoms with Crippen LogP contribution in [0.3, 0.4) is 0 Å². The van der Waals surface area contributed by atoms with Crippen molar-refractivity contribution in [3.63, 3.8) is 0 Å². The van der Waals surface area contributed by atoms with Gasteiger partial charge in [-0.25, -0.2) is 13.6 Å². The maximum Gasteiger partial charge on any atom is 0.254 e. The van der Waals surface area contributed by atoms with Gasteiger partial charge in [-0.3, -0.25) is 9.59 Å². The fourth-order valence-corrected chi connectivity index (χ4v) is 3.09. The van der Waals surface area contributed by atoms with Gasteiger partial charge in [0.1, 0.15) is 0 Å². The van der Waals surface area contributed by atoms with E-state index in [1.807, 2.05) is 6.92 Å². The highest BCUT2D eigenvalue weighted by Crippen LogP contribution is 2.20. The van der Waals surface area contributed by atoms with Crippen molar-refractivity contribution >= 4 is 21.8 Å². The summed E-state index contributed by atoms with van der Waals surface area (Å²) in [4.78, 5) is 25.4. The number of nitrogens with one attached hydrogen (secondary N) is 1. The van der Waals surface area contributed by atoms with Crippen LogP contribution >= 0.6 is 0 Å². The second kappa shape index (κ2) is 8.25. The number of aryl methyl sites for hydroxylation is 1. The summed E-state index contributed by atoms with van der Waals surface area (Å²) >= 11 is 0. The fourth-order valence-electron chi connectivity index (χ4n) is 2.21. The van der Waals surface area contributed by atoms with E-state index in [-0.39, 0.29) is 22.9 Å². The van der Waals surface area contributed by atoms with Gasteiger partial charge >= 0.3 is 0 Å². The molecule has 0 bridgehead atoms. The van der Waals surface area contributed by atoms with E-state index in [1.165, 1.54) is 18.0 Å². The van der Waals surface area contributed by atoms with Crippen molar-refractivity contribution in [3.05, 3.63) is 28.8 Å². The van der Waals surface area contributed by atoms with Gasteiger partial charge < -0.3 is 10.2 Å². The van der Waals surface area contributed by atoms with Crippen molar-refractivity contribution in [2.24, 2.45) is 5.14 Å². The minimum absolute atomic E-state index is 0.0772. The molecule has 7 nitrogen and oxygen atoms in total. The first-order valence-corrected chi connectivity index (χ1v) is 9.28. The van der Waals surface area contributed by atoms with E-state index in [1.54, 1.807) is 19.9 Å². The van der Waals surface area contributed by atoms with Crippen molar-refractivity contribution in [1.29, 1.82) is 0 Å². The smallest absolute Gasteiger partial charge is 0.254 e. The first-order valence-electron chi connectivity index (χ1n) is 7.74. The Morgan fingerprint density at radius 1 is 1.25 bits per heavy atom. The highest BCUT2D eigenvalue weighted by molar-refractivity contribution is 7.89. The van der Waals surface area contributed by atoms with E-state index in [4.69, 9.17) is 5.14 Å². The van der Waals surface area contributed by atoms with Gasteiger partial charge in [-0.2, -0.15) is 0 Å². The summed E-state index contributed by atoms with van der Waals surface area (Å²) in [5.41, 5.74) is 1.34. The molecule has 0 atom stereocenters. The molecular weight excluding hydrogens is 330 g/mol. The Kier molecular flexibility index (Phi) is 6.92. The molecule has 0 saturated heterocycles. The largest absolute Gasteiger partial charge is 0.355 e. The van der Waals surface area contributed by atoms with Crippen LogP contribution in [0.2, 0.25) is 0 Å². The number of likely N-dealkylation sites (N-methyl/N-ethyl adjacent to an activating group) is 1. The number of nitrogens with two attached hydrogens (primary N) is 1. The molecule has 2 amide bonds. The monoisotopic (exact) mass is 355 g/mol. The molecule has 0 saturated carbocycles. The molecule has 8 heteroatoms. The van der Waals surface area contributed by atoms with Gasteiger partial charge in [0, 0.05) is 19.2 Å². The molecule has 1 aromatic rings. The second-order valence-corrected chi connectivity index (χ2v) is 7.36. The summed E-state index contributed by atoms with van der Waals surface area (Å²) < 4.78 is 23.3. The Morgan fingerprint density at radius 2 is 1.88 bits per heavy atom. The minimum Gasteiger partial charge on any atom is -0.355 e. The maximum absolute atomic E-state index is 12.5. The zero-order chi connectivity index (χ0) is 18.5. The van der Waals surface area contributed by atoms with Crippen LogP contribution in [-0.2, 0) is 14.8 Å². The Balaban J connectivity index is 2.95. The number of unbranched alkanes of at least 4 members (excludes halogenated alkanes) is 1. The van der Waals surface area contributed by atoms with E-state index >= 15 is 0 Å². The van der Waals surface area contributed by atoms with Crippen molar-refractivity contribution in [1.82, 2.24) is 10.2 Å². The van der Waals surface area contributed by atoms with E-state index in [2.05, 4.69) is 5.32 Å². The molecule has 0 aliphatic heterocycles. The van der Waals surface area contributed by atoms with E-state index in [0.717, 1.165) is 12.8 Å². The van der Waals surface area contributed by atoms with E-state index < -0.39 is 15.9 Å². The number of sulfonamides is 1. The Labute approximate surface area is 143 Å². The number of nitrogens with zero attached hydrogens (tertiary/aromatic N) is 1. The molecule has 0 radical (unpaired) electrons. The summed E-state index contributed by atoms with van der Waals surface area (Å²) in [7, 11) is -2.43. The van der Waals surface area contributed by atoms with Crippen LogP contribution in [0.1, 0.15) is 41.3 Å². The normalized spacial score (nSPS) is 11.2. The third kappa shape index (κ3) is 5.31. The molecule has 134 valence electrons. The van der Waals surface area contributed by atoms with Gasteiger partial charge in [0.25, 0.3) is 5.91 Å². The lowest BCUT2D eigenvalue weighted by Crippen LogP contribution is -2.38. The molecule has 1 rings (SSSR count). The molecule has 1 aromatic carbocycles. The number of hydrogen-bond acceptors (Lipinski definition) is 4. The predicted molar refractivity (Wildman–Crippen MR) is 92.2 cm³/mol. The Hall–Kier alpha value is -1.93. The van der Waals surface area contributed by atoms with Gasteiger partial charge in [-0.15, -0.1) is 0 Å². The van der Waals surface area contributed by atoms with Crippen molar-refractivity contribution in [2.45, 2.75) is 38.5 Å². The van der Waals surface area contributed by atoms with Crippen molar-refractivity contribution < 1.29 is 18.0 Å². The number of carbonyl (C=O) groups is 2. The lowest BCUT2D eigenvalue weighted by atomic mass is 10.1. The second-order valence-electron chi connectivity index (χ2n) is 5.83. The summed E-state index contributed by atoms with van der Waals surface area (Å²) in [6.07, 6.45) is 1.84. The summed E-state index contributed by atoms with van der Waals surface area (Å²) in [6.45, 7) is 5.83. The molecule has 0 fully saturated rings. The van der Waals surface area contributed by atoms with Crippen LogP contribution in [-0.4, -0.2) is 45.3 Å². The van der Waals surface area contributed by atoms with Gasteiger partial charge in [-0.05, 0) is 43.5 Å². The maximum atomic E-state index is 12.5. The highest BCUT2D eigenvalue weighted by Gasteiger charge is 2.20. The van der Waals surface area contributed by atoms with Crippen LogP contribution in [0.5, 0.6) is 0 Å². The van der Waals surface area contributed by atoms with Crippen molar-refractivity contribution in [3.8, 4) is 0 Å². The summed E-state index contributed by atoms with van der Waals surface area (Å²) in [5.74, 6) is -0.691. The topological polar surface area (TPSA) is 110 Å². The van der Waals surface area contributed by atoms with Crippen LogP contribution in [0.25, 0.3) is 0 Å². The van der Waals surface area contributed by atoms with Crippen LogP contribution in [0, 0.1) is 13.8 Å². The average molecular weight is 355 g/mol. The van der Waals surface area contributed by atoms with E-state index in [9.17, 15) is 18.0 Å². The number of benzene rings is 1. The van der Waals surface area contributed by atoms with Gasteiger partial charge in [0.2, 0.25) is 15.9 Å². The van der Waals surface area contributed by atoms with Crippen LogP contribution < -0.4 is 10.5 Å². The molecule has 0 aliphatic carbocycles. The number of hydrogen-bond donors (Lipinski definition) is 2. The third-order valence-corrected chi connectivity index (χ3v) is 4.79. The summed E-state index contributed by atoms with van der Waals surface area (Å²) in [5, 5.41) is 7.93. The number of rotatable bonds is 7. The third-order valence-electron chi connectivity index (χ3n) is 3.75. The molecule has 0 heterocycles. The molecule has 3 N–H and O–H groups in total. The lowest BCUT2D eigenvalue weighted by molar-refractivity contribution is -0.121. The molecule has 24 heavy (non-hydrogen) atoms. The average Bonchev–Trinajstić information content (AvgIpc) is 2.48. The van der Waals surface area contributed by atoms with Gasteiger partial charge in [0.15, 0.2) is 0 Å². The first-order chi connectivity index (χ1) is 11.1. The Morgan fingerprint density at radius 3 is 2.42 bits per heavy atom. The van der Waals surface area contributed by atoms with Gasteiger partial charge in [0.05, 0.1) is 11.4 Å².